The third-order valence-corrected chi connectivity index (χ3v) is 5.28. The Kier molecular flexibility index (Phi) is 4.03. The molecule has 0 saturated heterocycles. The van der Waals surface area contributed by atoms with Gasteiger partial charge in [0.2, 0.25) is 0 Å². The van der Waals surface area contributed by atoms with E-state index in [9.17, 15) is 10.1 Å². The second kappa shape index (κ2) is 6.22. The Labute approximate surface area is 153 Å². The number of rotatable bonds is 3. The number of nitro benzene ring substituents is 1. The molecule has 0 unspecified atom stereocenters. The molecule has 2 aromatic rings. The standard InChI is InChI=1S/C18H17BrN4O2/c19-12-4-6-13(7-5-12)20-17-15(23(24)25)9-8-14-16(17)22-18(21-14)10-2-1-3-11-18/h4-9,20H,1-3,10-11H2. The number of halogens is 1. The lowest BCUT2D eigenvalue weighted by Crippen LogP contribution is -2.26. The van der Waals surface area contributed by atoms with E-state index in [0.29, 0.717) is 11.0 Å². The van der Waals surface area contributed by atoms with Crippen molar-refractivity contribution in [2.45, 2.75) is 37.8 Å². The van der Waals surface area contributed by atoms with Crippen molar-refractivity contribution in [2.75, 3.05) is 5.32 Å². The maximum atomic E-state index is 11.5. The van der Waals surface area contributed by atoms with E-state index < -0.39 is 5.66 Å². The van der Waals surface area contributed by atoms with E-state index in [4.69, 9.17) is 9.98 Å². The summed E-state index contributed by atoms with van der Waals surface area (Å²) in [7, 11) is 0. The van der Waals surface area contributed by atoms with Crippen molar-refractivity contribution in [1.82, 2.24) is 0 Å². The van der Waals surface area contributed by atoms with Gasteiger partial charge in [-0.1, -0.05) is 22.4 Å². The number of fused-ring (bicyclic) bond motifs is 1. The minimum absolute atomic E-state index is 0.0217. The number of nitrogens with zero attached hydrogens (tertiary/aromatic N) is 3. The molecule has 1 spiro atoms. The smallest absolute Gasteiger partial charge is 0.295 e. The molecule has 0 aromatic heterocycles. The predicted octanol–water partition coefficient (Wildman–Crippen LogP) is 4.01. The van der Waals surface area contributed by atoms with Gasteiger partial charge >= 0.3 is 0 Å². The van der Waals surface area contributed by atoms with Gasteiger partial charge in [-0.15, -0.1) is 0 Å². The van der Waals surface area contributed by atoms with Crippen molar-refractivity contribution in [3.05, 3.63) is 61.7 Å². The van der Waals surface area contributed by atoms with Crippen LogP contribution in [0.3, 0.4) is 0 Å². The van der Waals surface area contributed by atoms with Crippen molar-refractivity contribution < 1.29 is 4.92 Å². The third-order valence-electron chi connectivity index (χ3n) is 4.75. The quantitative estimate of drug-likeness (QED) is 0.623. The van der Waals surface area contributed by atoms with Gasteiger partial charge in [0.05, 0.1) is 10.3 Å². The summed E-state index contributed by atoms with van der Waals surface area (Å²) >= 11 is 3.40. The number of nitrogens with one attached hydrogen (secondary N) is 1. The minimum Gasteiger partial charge on any atom is -0.348 e. The largest absolute Gasteiger partial charge is 0.348 e. The highest BCUT2D eigenvalue weighted by Crippen LogP contribution is 2.34. The first-order valence-corrected chi connectivity index (χ1v) is 9.15. The first-order chi connectivity index (χ1) is 12.1. The first-order valence-electron chi connectivity index (χ1n) is 8.36. The Morgan fingerprint density at radius 3 is 2.44 bits per heavy atom. The van der Waals surface area contributed by atoms with Gasteiger partial charge < -0.3 is 5.32 Å². The highest BCUT2D eigenvalue weighted by atomic mass is 79.9. The van der Waals surface area contributed by atoms with Gasteiger partial charge in [-0.2, -0.15) is 0 Å². The summed E-state index contributed by atoms with van der Waals surface area (Å²) in [5, 5.41) is 16.1. The summed E-state index contributed by atoms with van der Waals surface area (Å²) in [6.45, 7) is 0. The molecule has 0 radical (unpaired) electrons. The fraction of sp³-hybridized carbons (Fsp3) is 0.333. The summed E-state index contributed by atoms with van der Waals surface area (Å²) in [6, 6.07) is 10.8. The van der Waals surface area contributed by atoms with Crippen LogP contribution >= 0.6 is 15.9 Å². The monoisotopic (exact) mass is 400 g/mol. The van der Waals surface area contributed by atoms with E-state index in [-0.39, 0.29) is 10.6 Å². The molecular formula is C18H17BrN4O2. The Bertz CT molecular complexity index is 950. The molecule has 1 heterocycles. The molecular weight excluding hydrogens is 384 g/mol. The second-order valence-electron chi connectivity index (χ2n) is 6.48. The van der Waals surface area contributed by atoms with Crippen LogP contribution in [0.25, 0.3) is 0 Å². The molecule has 4 rings (SSSR count). The molecule has 0 bridgehead atoms. The number of hydrogen-bond donors (Lipinski definition) is 1. The van der Waals surface area contributed by atoms with Crippen molar-refractivity contribution in [1.29, 1.82) is 0 Å². The van der Waals surface area contributed by atoms with E-state index in [1.807, 2.05) is 24.3 Å². The van der Waals surface area contributed by atoms with E-state index >= 15 is 0 Å². The molecule has 2 aliphatic rings. The fourth-order valence-corrected chi connectivity index (χ4v) is 3.79. The zero-order valence-corrected chi connectivity index (χ0v) is 15.1. The molecule has 0 amide bonds. The van der Waals surface area contributed by atoms with Crippen LogP contribution in [0.5, 0.6) is 0 Å². The Morgan fingerprint density at radius 1 is 1.04 bits per heavy atom. The van der Waals surface area contributed by atoms with E-state index in [0.717, 1.165) is 41.2 Å². The normalized spacial score (nSPS) is 17.5. The fourth-order valence-electron chi connectivity index (χ4n) is 3.52. The SMILES string of the molecule is O=[N+]([O-])c1ccc2c(c1Nc1ccc(Br)cc1)=NC1(CCCCC1)N=2. The highest BCUT2D eigenvalue weighted by molar-refractivity contribution is 9.10. The van der Waals surface area contributed by atoms with Crippen LogP contribution in [0.2, 0.25) is 0 Å². The van der Waals surface area contributed by atoms with Gasteiger partial charge in [-0.25, -0.2) is 0 Å². The van der Waals surface area contributed by atoms with E-state index in [1.165, 1.54) is 12.5 Å². The average Bonchev–Trinajstić information content (AvgIpc) is 2.95. The second-order valence-corrected chi connectivity index (χ2v) is 7.40. The predicted molar refractivity (Wildman–Crippen MR) is 98.6 cm³/mol. The highest BCUT2D eigenvalue weighted by Gasteiger charge is 2.34. The van der Waals surface area contributed by atoms with Gasteiger partial charge in [0.25, 0.3) is 5.69 Å². The lowest BCUT2D eigenvalue weighted by atomic mass is 9.90. The molecule has 128 valence electrons. The van der Waals surface area contributed by atoms with Gasteiger partial charge in [0.15, 0.2) is 5.66 Å². The third kappa shape index (κ3) is 3.04. The van der Waals surface area contributed by atoms with Crippen molar-refractivity contribution in [3.63, 3.8) is 0 Å². The molecule has 1 saturated carbocycles. The first kappa shape index (κ1) is 16.2. The van der Waals surface area contributed by atoms with Crippen LogP contribution in [0, 0.1) is 10.1 Å². The number of nitro groups is 1. The summed E-state index contributed by atoms with van der Waals surface area (Å²) in [4.78, 5) is 20.8. The number of hydrogen-bond acceptors (Lipinski definition) is 5. The zero-order valence-electron chi connectivity index (χ0n) is 13.5. The Balaban J connectivity index is 1.85. The molecule has 7 heteroatoms. The van der Waals surface area contributed by atoms with Crippen molar-refractivity contribution in [3.8, 4) is 0 Å². The van der Waals surface area contributed by atoms with Crippen LogP contribution in [0.15, 0.2) is 50.9 Å². The molecule has 1 aliphatic carbocycles. The number of benzene rings is 2. The molecule has 2 aromatic carbocycles. The van der Waals surface area contributed by atoms with E-state index in [1.54, 1.807) is 6.07 Å². The van der Waals surface area contributed by atoms with Crippen LogP contribution in [0.1, 0.15) is 32.1 Å². The topological polar surface area (TPSA) is 79.9 Å². The van der Waals surface area contributed by atoms with Crippen molar-refractivity contribution in [2.24, 2.45) is 9.98 Å². The lowest BCUT2D eigenvalue weighted by molar-refractivity contribution is -0.384. The molecule has 0 atom stereocenters. The molecule has 6 nitrogen and oxygen atoms in total. The van der Waals surface area contributed by atoms with Gasteiger partial charge in [-0.05, 0) is 56.0 Å². The van der Waals surface area contributed by atoms with Crippen LogP contribution in [-0.4, -0.2) is 10.6 Å². The lowest BCUT2D eigenvalue weighted by Gasteiger charge is -2.27. The summed E-state index contributed by atoms with van der Waals surface area (Å²) in [5.41, 5.74) is 0.801. The zero-order chi connectivity index (χ0) is 17.4. The van der Waals surface area contributed by atoms with Gasteiger partial charge in [0.1, 0.15) is 11.0 Å². The molecule has 1 N–H and O–H groups in total. The molecule has 1 fully saturated rings. The van der Waals surface area contributed by atoms with Crippen molar-refractivity contribution >= 4 is 33.0 Å². The summed E-state index contributed by atoms with van der Waals surface area (Å²) in [5.74, 6) is 0. The molecule has 25 heavy (non-hydrogen) atoms. The van der Waals surface area contributed by atoms with E-state index in [2.05, 4.69) is 21.2 Å². The van der Waals surface area contributed by atoms with Crippen LogP contribution in [0.4, 0.5) is 17.1 Å². The van der Waals surface area contributed by atoms with Crippen LogP contribution < -0.4 is 16.0 Å². The molecule has 1 aliphatic heterocycles. The maximum absolute atomic E-state index is 11.5. The van der Waals surface area contributed by atoms with Crippen LogP contribution in [-0.2, 0) is 0 Å². The maximum Gasteiger partial charge on any atom is 0.295 e. The minimum atomic E-state index is -0.425. The Hall–Kier alpha value is -2.28. The average molecular weight is 401 g/mol. The van der Waals surface area contributed by atoms with Gasteiger partial charge in [-0.3, -0.25) is 20.1 Å². The summed E-state index contributed by atoms with van der Waals surface area (Å²) < 4.78 is 0.951. The van der Waals surface area contributed by atoms with Gasteiger partial charge in [0, 0.05) is 16.2 Å². The summed E-state index contributed by atoms with van der Waals surface area (Å²) in [6.07, 6.45) is 5.21. The Morgan fingerprint density at radius 2 is 1.76 bits per heavy atom. The number of anilines is 2.